The molecule has 1 aromatic rings. The maximum atomic E-state index is 13.7. The molecule has 4 nitrogen and oxygen atoms in total. The monoisotopic (exact) mass is 254 g/mol. The fourth-order valence-electron chi connectivity index (χ4n) is 2.62. The predicted molar refractivity (Wildman–Crippen MR) is 67.1 cm³/mol. The van der Waals surface area contributed by atoms with Crippen LogP contribution >= 0.6 is 0 Å². The van der Waals surface area contributed by atoms with Crippen molar-refractivity contribution in [3.63, 3.8) is 0 Å². The number of halogens is 1. The molecule has 1 aliphatic rings. The van der Waals surface area contributed by atoms with Crippen LogP contribution in [0.1, 0.15) is 18.0 Å². The number of nitrogens with zero attached hydrogens (tertiary/aromatic N) is 1. The van der Waals surface area contributed by atoms with Crippen molar-refractivity contribution in [2.24, 2.45) is 11.7 Å². The number of hydrogen-bond acceptors (Lipinski definition) is 4. The Balaban J connectivity index is 2.31. The van der Waals surface area contributed by atoms with Gasteiger partial charge < -0.3 is 15.6 Å². The Hall–Kier alpha value is -1.33. The first-order chi connectivity index (χ1) is 8.56. The van der Waals surface area contributed by atoms with Crippen LogP contribution in [0.5, 0.6) is 11.5 Å². The molecule has 0 spiro atoms. The van der Waals surface area contributed by atoms with Crippen LogP contribution in [0.4, 0.5) is 4.39 Å². The third-order valence-electron chi connectivity index (χ3n) is 3.63. The minimum atomic E-state index is -0.449. The molecular weight excluding hydrogens is 235 g/mol. The van der Waals surface area contributed by atoms with Crippen LogP contribution in [0, 0.1) is 11.7 Å². The Morgan fingerprint density at radius 3 is 2.83 bits per heavy atom. The summed E-state index contributed by atoms with van der Waals surface area (Å²) in [7, 11) is 3.34. The topological polar surface area (TPSA) is 58.7 Å². The first-order valence-corrected chi connectivity index (χ1v) is 6.03. The Morgan fingerprint density at radius 1 is 1.56 bits per heavy atom. The van der Waals surface area contributed by atoms with E-state index >= 15 is 0 Å². The molecule has 3 N–H and O–H groups in total. The molecule has 2 unspecified atom stereocenters. The lowest BCUT2D eigenvalue weighted by molar-refractivity contribution is 0.303. The molecule has 1 fully saturated rings. The van der Waals surface area contributed by atoms with Crippen molar-refractivity contribution in [1.29, 1.82) is 0 Å². The summed E-state index contributed by atoms with van der Waals surface area (Å²) in [5, 5.41) is 9.98. The summed E-state index contributed by atoms with van der Waals surface area (Å²) >= 11 is 0. The van der Waals surface area contributed by atoms with Gasteiger partial charge in [-0.15, -0.1) is 0 Å². The lowest BCUT2D eigenvalue weighted by atomic mass is 9.99. The molecular formula is C13H19FN2O2. The largest absolute Gasteiger partial charge is 0.507 e. The van der Waals surface area contributed by atoms with Crippen molar-refractivity contribution < 1.29 is 14.2 Å². The minimum absolute atomic E-state index is 0.0129. The zero-order chi connectivity index (χ0) is 13.3. The van der Waals surface area contributed by atoms with Gasteiger partial charge >= 0.3 is 0 Å². The lowest BCUT2D eigenvalue weighted by Gasteiger charge is -2.21. The summed E-state index contributed by atoms with van der Waals surface area (Å²) in [4.78, 5) is 2.10. The minimum Gasteiger partial charge on any atom is -0.507 e. The van der Waals surface area contributed by atoms with Gasteiger partial charge in [0.05, 0.1) is 7.11 Å². The quantitative estimate of drug-likeness (QED) is 0.858. The van der Waals surface area contributed by atoms with Crippen LogP contribution in [-0.4, -0.2) is 37.3 Å². The van der Waals surface area contributed by atoms with Crippen molar-refractivity contribution in [2.75, 3.05) is 27.2 Å². The van der Waals surface area contributed by atoms with Crippen molar-refractivity contribution in [2.45, 2.75) is 12.5 Å². The average molecular weight is 254 g/mol. The number of benzene rings is 1. The summed E-state index contributed by atoms with van der Waals surface area (Å²) in [5.74, 6) is 0.0782. The van der Waals surface area contributed by atoms with E-state index < -0.39 is 5.82 Å². The number of likely N-dealkylation sites (tertiary alicyclic amines) is 1. The molecule has 0 radical (unpaired) electrons. The third kappa shape index (κ3) is 2.28. The number of phenolic OH excluding ortho intramolecular Hbond substituents is 1. The van der Waals surface area contributed by atoms with Crippen LogP contribution in [0.3, 0.4) is 0 Å². The van der Waals surface area contributed by atoms with E-state index in [0.29, 0.717) is 18.0 Å². The fourth-order valence-corrected chi connectivity index (χ4v) is 2.62. The first-order valence-electron chi connectivity index (χ1n) is 6.03. The molecule has 1 aromatic carbocycles. The number of aromatic hydroxyl groups is 1. The second-order valence-corrected chi connectivity index (χ2v) is 4.84. The van der Waals surface area contributed by atoms with E-state index in [2.05, 4.69) is 4.90 Å². The fraction of sp³-hybridized carbons (Fsp3) is 0.538. The van der Waals surface area contributed by atoms with Gasteiger partial charge in [0.1, 0.15) is 5.75 Å². The molecule has 2 rings (SSSR count). The summed E-state index contributed by atoms with van der Waals surface area (Å²) < 4.78 is 18.6. The second kappa shape index (κ2) is 5.12. The van der Waals surface area contributed by atoms with Crippen molar-refractivity contribution in [3.8, 4) is 11.5 Å². The molecule has 1 saturated heterocycles. The predicted octanol–water partition coefficient (Wildman–Crippen LogP) is 1.49. The number of methoxy groups -OCH3 is 1. The van der Waals surface area contributed by atoms with Gasteiger partial charge in [-0.1, -0.05) is 0 Å². The number of nitrogens with two attached hydrogens (primary N) is 1. The zero-order valence-electron chi connectivity index (χ0n) is 10.7. The molecule has 1 heterocycles. The van der Waals surface area contributed by atoms with E-state index in [4.69, 9.17) is 10.5 Å². The van der Waals surface area contributed by atoms with Crippen molar-refractivity contribution in [1.82, 2.24) is 4.90 Å². The summed E-state index contributed by atoms with van der Waals surface area (Å²) in [5.41, 5.74) is 6.27. The highest BCUT2D eigenvalue weighted by Gasteiger charge is 2.32. The van der Waals surface area contributed by atoms with Crippen molar-refractivity contribution >= 4 is 0 Å². The molecule has 1 aliphatic heterocycles. The van der Waals surface area contributed by atoms with Crippen LogP contribution in [-0.2, 0) is 0 Å². The normalized spacial score (nSPS) is 24.4. The van der Waals surface area contributed by atoms with Crippen molar-refractivity contribution in [3.05, 3.63) is 23.5 Å². The highest BCUT2D eigenvalue weighted by Crippen LogP contribution is 2.40. The van der Waals surface area contributed by atoms with Gasteiger partial charge in [-0.3, -0.25) is 4.90 Å². The van der Waals surface area contributed by atoms with Crippen LogP contribution < -0.4 is 10.5 Å². The number of rotatable bonds is 3. The average Bonchev–Trinajstić information content (AvgIpc) is 2.73. The second-order valence-electron chi connectivity index (χ2n) is 4.84. The van der Waals surface area contributed by atoms with Gasteiger partial charge in [-0.25, -0.2) is 4.39 Å². The van der Waals surface area contributed by atoms with Gasteiger partial charge in [-0.2, -0.15) is 0 Å². The van der Waals surface area contributed by atoms with Gasteiger partial charge in [0.15, 0.2) is 11.6 Å². The SMILES string of the molecule is COc1cc(O)c(C2CC(CN)CN2C)cc1F. The van der Waals surface area contributed by atoms with Gasteiger partial charge in [0, 0.05) is 24.2 Å². The zero-order valence-corrected chi connectivity index (χ0v) is 10.7. The van der Waals surface area contributed by atoms with Gasteiger partial charge in [0.2, 0.25) is 0 Å². The maximum Gasteiger partial charge on any atom is 0.165 e. The molecule has 2 atom stereocenters. The number of phenols is 1. The lowest BCUT2D eigenvalue weighted by Crippen LogP contribution is -2.20. The third-order valence-corrected chi connectivity index (χ3v) is 3.63. The standard InChI is InChI=1S/C13H19FN2O2/c1-16-7-8(6-15)3-11(16)9-4-10(14)13(18-2)5-12(9)17/h4-5,8,11,17H,3,6-7,15H2,1-2H3. The first kappa shape index (κ1) is 13.1. The van der Waals surface area contributed by atoms with Gasteiger partial charge in [0.25, 0.3) is 0 Å². The van der Waals surface area contributed by atoms with E-state index in [0.717, 1.165) is 13.0 Å². The Labute approximate surface area is 106 Å². The number of hydrogen-bond donors (Lipinski definition) is 2. The summed E-state index contributed by atoms with van der Waals surface area (Å²) in [6.45, 7) is 1.48. The molecule has 0 aliphatic carbocycles. The van der Waals surface area contributed by atoms with Gasteiger partial charge in [-0.05, 0) is 32.0 Å². The molecule has 100 valence electrons. The summed E-state index contributed by atoms with van der Waals surface area (Å²) in [6.07, 6.45) is 0.840. The maximum absolute atomic E-state index is 13.7. The molecule has 0 aromatic heterocycles. The molecule has 0 bridgehead atoms. The molecule has 0 saturated carbocycles. The van der Waals surface area contributed by atoms with E-state index in [-0.39, 0.29) is 17.5 Å². The van der Waals surface area contributed by atoms with E-state index in [1.807, 2.05) is 7.05 Å². The van der Waals surface area contributed by atoms with Crippen LogP contribution in [0.25, 0.3) is 0 Å². The van der Waals surface area contributed by atoms with Crippen LogP contribution in [0.15, 0.2) is 12.1 Å². The smallest absolute Gasteiger partial charge is 0.165 e. The van der Waals surface area contributed by atoms with Crippen LogP contribution in [0.2, 0.25) is 0 Å². The number of ether oxygens (including phenoxy) is 1. The molecule has 5 heteroatoms. The summed E-state index contributed by atoms with van der Waals surface area (Å²) in [6, 6.07) is 2.70. The van der Waals surface area contributed by atoms with E-state index in [1.54, 1.807) is 0 Å². The molecule has 0 amide bonds. The Morgan fingerprint density at radius 2 is 2.28 bits per heavy atom. The highest BCUT2D eigenvalue weighted by molar-refractivity contribution is 5.43. The molecule has 18 heavy (non-hydrogen) atoms. The highest BCUT2D eigenvalue weighted by atomic mass is 19.1. The Kier molecular flexibility index (Phi) is 3.73. The Bertz CT molecular complexity index is 439. The van der Waals surface area contributed by atoms with E-state index in [1.165, 1.54) is 19.2 Å². The van der Waals surface area contributed by atoms with E-state index in [9.17, 15) is 9.50 Å².